The SMILES string of the molecule is CC(=O)NCCC=Cc1ccc(C=O)c(O)c1. The highest BCUT2D eigenvalue weighted by atomic mass is 16.3. The van der Waals surface area contributed by atoms with Crippen molar-refractivity contribution in [1.29, 1.82) is 0 Å². The average molecular weight is 233 g/mol. The Morgan fingerprint density at radius 1 is 1.47 bits per heavy atom. The molecule has 0 spiro atoms. The van der Waals surface area contributed by atoms with Gasteiger partial charge in [0, 0.05) is 13.5 Å². The molecular formula is C13H15NO3. The van der Waals surface area contributed by atoms with Gasteiger partial charge in [-0.1, -0.05) is 18.2 Å². The lowest BCUT2D eigenvalue weighted by Gasteiger charge is -1.99. The van der Waals surface area contributed by atoms with Crippen molar-refractivity contribution in [2.24, 2.45) is 0 Å². The molecular weight excluding hydrogens is 218 g/mol. The van der Waals surface area contributed by atoms with Crippen LogP contribution in [0, 0.1) is 0 Å². The van der Waals surface area contributed by atoms with Gasteiger partial charge in [-0.05, 0) is 24.1 Å². The molecule has 2 N–H and O–H groups in total. The van der Waals surface area contributed by atoms with E-state index in [9.17, 15) is 14.7 Å². The summed E-state index contributed by atoms with van der Waals surface area (Å²) in [6, 6.07) is 4.84. The maximum absolute atomic E-state index is 10.6. The molecule has 1 aromatic rings. The highest BCUT2D eigenvalue weighted by molar-refractivity contribution is 5.80. The third-order valence-electron chi connectivity index (χ3n) is 2.18. The highest BCUT2D eigenvalue weighted by Crippen LogP contribution is 2.17. The predicted octanol–water partition coefficient (Wildman–Crippen LogP) is 1.74. The Bertz CT molecular complexity index is 438. The summed E-state index contributed by atoms with van der Waals surface area (Å²) in [5.74, 6) is -0.0737. The largest absolute Gasteiger partial charge is 0.507 e. The summed E-state index contributed by atoms with van der Waals surface area (Å²) in [4.78, 5) is 21.1. The summed E-state index contributed by atoms with van der Waals surface area (Å²) >= 11 is 0. The third-order valence-corrected chi connectivity index (χ3v) is 2.18. The van der Waals surface area contributed by atoms with Crippen molar-refractivity contribution in [2.45, 2.75) is 13.3 Å². The van der Waals surface area contributed by atoms with Crippen molar-refractivity contribution >= 4 is 18.3 Å². The molecule has 0 saturated heterocycles. The lowest BCUT2D eigenvalue weighted by Crippen LogP contribution is -2.20. The first-order valence-corrected chi connectivity index (χ1v) is 5.32. The second kappa shape index (κ2) is 6.48. The molecule has 0 unspecified atom stereocenters. The molecule has 4 nitrogen and oxygen atoms in total. The van der Waals surface area contributed by atoms with Crippen molar-refractivity contribution in [3.05, 3.63) is 35.4 Å². The summed E-state index contributed by atoms with van der Waals surface area (Å²) in [6.45, 7) is 2.06. The van der Waals surface area contributed by atoms with E-state index < -0.39 is 0 Å². The van der Waals surface area contributed by atoms with Gasteiger partial charge in [-0.15, -0.1) is 0 Å². The lowest BCUT2D eigenvalue weighted by atomic mass is 10.1. The summed E-state index contributed by atoms with van der Waals surface area (Å²) in [5, 5.41) is 12.1. The summed E-state index contributed by atoms with van der Waals surface area (Å²) < 4.78 is 0. The van der Waals surface area contributed by atoms with Gasteiger partial charge in [0.25, 0.3) is 0 Å². The number of hydrogen-bond acceptors (Lipinski definition) is 3. The number of carbonyl (C=O) groups excluding carboxylic acids is 2. The summed E-state index contributed by atoms with van der Waals surface area (Å²) in [7, 11) is 0. The topological polar surface area (TPSA) is 66.4 Å². The first kappa shape index (κ1) is 13.0. The van der Waals surface area contributed by atoms with E-state index >= 15 is 0 Å². The molecule has 4 heteroatoms. The Kier molecular flexibility index (Phi) is 4.94. The number of aromatic hydroxyl groups is 1. The fourth-order valence-electron chi connectivity index (χ4n) is 1.31. The Balaban J connectivity index is 2.51. The van der Waals surface area contributed by atoms with Gasteiger partial charge in [-0.2, -0.15) is 0 Å². The molecule has 1 aromatic carbocycles. The molecule has 0 atom stereocenters. The number of phenols is 1. The number of hydrogen-bond donors (Lipinski definition) is 2. The second-order valence-corrected chi connectivity index (χ2v) is 3.61. The Morgan fingerprint density at radius 2 is 2.24 bits per heavy atom. The number of carbonyl (C=O) groups is 2. The van der Waals surface area contributed by atoms with Gasteiger partial charge >= 0.3 is 0 Å². The van der Waals surface area contributed by atoms with Crippen molar-refractivity contribution in [3.63, 3.8) is 0 Å². The minimum atomic E-state index is -0.0496. The van der Waals surface area contributed by atoms with Crippen LogP contribution in [0.5, 0.6) is 5.75 Å². The quantitative estimate of drug-likeness (QED) is 0.601. The van der Waals surface area contributed by atoms with Gasteiger partial charge in [0.2, 0.25) is 5.91 Å². The van der Waals surface area contributed by atoms with E-state index in [0.29, 0.717) is 12.8 Å². The van der Waals surface area contributed by atoms with Crippen LogP contribution in [-0.4, -0.2) is 23.8 Å². The second-order valence-electron chi connectivity index (χ2n) is 3.61. The molecule has 1 rings (SSSR count). The normalized spacial score (nSPS) is 10.4. The van der Waals surface area contributed by atoms with E-state index in [0.717, 1.165) is 12.0 Å². The van der Waals surface area contributed by atoms with Crippen molar-refractivity contribution in [1.82, 2.24) is 5.32 Å². The van der Waals surface area contributed by atoms with E-state index in [1.165, 1.54) is 13.0 Å². The predicted molar refractivity (Wildman–Crippen MR) is 65.8 cm³/mol. The number of aldehydes is 1. The lowest BCUT2D eigenvalue weighted by molar-refractivity contribution is -0.118. The fourth-order valence-corrected chi connectivity index (χ4v) is 1.31. The van der Waals surface area contributed by atoms with Crippen molar-refractivity contribution < 1.29 is 14.7 Å². The van der Waals surface area contributed by atoms with Crippen LogP contribution in [0.3, 0.4) is 0 Å². The number of amides is 1. The van der Waals surface area contributed by atoms with Gasteiger partial charge in [-0.25, -0.2) is 0 Å². The van der Waals surface area contributed by atoms with Crippen LogP contribution >= 0.6 is 0 Å². The minimum Gasteiger partial charge on any atom is -0.507 e. The molecule has 0 aromatic heterocycles. The maximum atomic E-state index is 10.6. The van der Waals surface area contributed by atoms with Crippen molar-refractivity contribution in [2.75, 3.05) is 6.54 Å². The zero-order valence-corrected chi connectivity index (χ0v) is 9.64. The number of phenolic OH excluding ortho intramolecular Hbond substituents is 1. The van der Waals surface area contributed by atoms with Crippen LogP contribution < -0.4 is 5.32 Å². The molecule has 0 fully saturated rings. The first-order valence-electron chi connectivity index (χ1n) is 5.32. The summed E-state index contributed by atoms with van der Waals surface area (Å²) in [6.07, 6.45) is 5.05. The molecule has 0 aliphatic rings. The summed E-state index contributed by atoms with van der Waals surface area (Å²) in [5.41, 5.74) is 1.09. The van der Waals surface area contributed by atoms with Gasteiger partial charge < -0.3 is 10.4 Å². The molecule has 0 radical (unpaired) electrons. The number of nitrogens with one attached hydrogen (secondary N) is 1. The molecule has 1 amide bonds. The van der Waals surface area contributed by atoms with Gasteiger partial charge in [0.1, 0.15) is 5.75 Å². The Labute approximate surface area is 100.0 Å². The molecule has 0 bridgehead atoms. The molecule has 0 heterocycles. The first-order chi connectivity index (χ1) is 8.13. The molecule has 90 valence electrons. The number of benzene rings is 1. The Morgan fingerprint density at radius 3 is 2.82 bits per heavy atom. The van der Waals surface area contributed by atoms with E-state index in [-0.39, 0.29) is 17.2 Å². The van der Waals surface area contributed by atoms with Gasteiger partial charge in [-0.3, -0.25) is 9.59 Å². The van der Waals surface area contributed by atoms with E-state index in [4.69, 9.17) is 0 Å². The molecule has 0 saturated carbocycles. The smallest absolute Gasteiger partial charge is 0.216 e. The van der Waals surface area contributed by atoms with Crippen LogP contribution in [0.25, 0.3) is 6.08 Å². The van der Waals surface area contributed by atoms with E-state index in [1.807, 2.05) is 12.2 Å². The van der Waals surface area contributed by atoms with Crippen LogP contribution in [0.4, 0.5) is 0 Å². The minimum absolute atomic E-state index is 0.0241. The van der Waals surface area contributed by atoms with Gasteiger partial charge in [0.05, 0.1) is 5.56 Å². The Hall–Kier alpha value is -2.10. The van der Waals surface area contributed by atoms with Crippen LogP contribution in [-0.2, 0) is 4.79 Å². The fraction of sp³-hybridized carbons (Fsp3) is 0.231. The standard InChI is InChI=1S/C13H15NO3/c1-10(16)14-7-3-2-4-11-5-6-12(9-15)13(17)8-11/h2,4-6,8-9,17H,3,7H2,1H3,(H,14,16). The van der Waals surface area contributed by atoms with E-state index in [2.05, 4.69) is 5.32 Å². The molecule has 17 heavy (non-hydrogen) atoms. The zero-order valence-electron chi connectivity index (χ0n) is 9.64. The van der Waals surface area contributed by atoms with Gasteiger partial charge in [0.15, 0.2) is 6.29 Å². The highest BCUT2D eigenvalue weighted by Gasteiger charge is 1.98. The van der Waals surface area contributed by atoms with E-state index in [1.54, 1.807) is 12.1 Å². The van der Waals surface area contributed by atoms with Crippen molar-refractivity contribution in [3.8, 4) is 5.75 Å². The molecule has 0 aliphatic carbocycles. The van der Waals surface area contributed by atoms with Crippen LogP contribution in [0.1, 0.15) is 29.3 Å². The van der Waals surface area contributed by atoms with Crippen LogP contribution in [0.2, 0.25) is 0 Å². The monoisotopic (exact) mass is 233 g/mol. The maximum Gasteiger partial charge on any atom is 0.216 e. The van der Waals surface area contributed by atoms with Crippen LogP contribution in [0.15, 0.2) is 24.3 Å². The number of rotatable bonds is 5. The average Bonchev–Trinajstić information content (AvgIpc) is 2.28. The molecule has 0 aliphatic heterocycles. The zero-order chi connectivity index (χ0) is 12.7. The third kappa shape index (κ3) is 4.51.